The van der Waals surface area contributed by atoms with E-state index in [2.05, 4.69) is 36.1 Å². The van der Waals surface area contributed by atoms with Gasteiger partial charge in [0.25, 0.3) is 5.91 Å². The van der Waals surface area contributed by atoms with Crippen LogP contribution in [-0.4, -0.2) is 58.8 Å². The maximum absolute atomic E-state index is 12.5. The molecule has 0 radical (unpaired) electrons. The number of likely N-dealkylation sites (N-methyl/N-ethyl adjacent to an activating group) is 1. The molecule has 0 saturated carbocycles. The summed E-state index contributed by atoms with van der Waals surface area (Å²) in [5.74, 6) is -0.214. The lowest BCUT2D eigenvalue weighted by Gasteiger charge is -2.42. The van der Waals surface area contributed by atoms with Crippen molar-refractivity contribution in [3.8, 4) is 0 Å². The number of piperazine rings is 1. The fourth-order valence-electron chi connectivity index (χ4n) is 2.53. The SMILES string of the molecule is CC(=O)Nc1ccc(C(=O)N2C[C@@H](C)N(C)[C@@H](C)C2)nc1. The zero-order chi connectivity index (χ0) is 15.6. The number of carbonyl (C=O) groups excluding carboxylic acids is 2. The average Bonchev–Trinajstić information content (AvgIpc) is 2.43. The fourth-order valence-corrected chi connectivity index (χ4v) is 2.53. The van der Waals surface area contributed by atoms with Gasteiger partial charge in [0.2, 0.25) is 5.91 Å². The first-order chi connectivity index (χ1) is 9.88. The maximum atomic E-state index is 12.5. The summed E-state index contributed by atoms with van der Waals surface area (Å²) in [7, 11) is 2.08. The van der Waals surface area contributed by atoms with Gasteiger partial charge in [-0.25, -0.2) is 4.98 Å². The van der Waals surface area contributed by atoms with Crippen LogP contribution >= 0.6 is 0 Å². The van der Waals surface area contributed by atoms with Crippen molar-refractivity contribution in [1.29, 1.82) is 0 Å². The molecule has 1 N–H and O–H groups in total. The van der Waals surface area contributed by atoms with Crippen LogP contribution in [0.4, 0.5) is 5.69 Å². The molecule has 6 nitrogen and oxygen atoms in total. The van der Waals surface area contributed by atoms with E-state index in [1.165, 1.54) is 13.1 Å². The van der Waals surface area contributed by atoms with E-state index >= 15 is 0 Å². The lowest BCUT2D eigenvalue weighted by atomic mass is 10.1. The summed E-state index contributed by atoms with van der Waals surface area (Å²) >= 11 is 0. The van der Waals surface area contributed by atoms with E-state index in [0.29, 0.717) is 36.6 Å². The number of amides is 2. The average molecular weight is 290 g/mol. The van der Waals surface area contributed by atoms with Gasteiger partial charge in [-0.3, -0.25) is 14.5 Å². The quantitative estimate of drug-likeness (QED) is 0.889. The zero-order valence-corrected chi connectivity index (χ0v) is 13.0. The van der Waals surface area contributed by atoms with Crippen molar-refractivity contribution in [3.63, 3.8) is 0 Å². The molecule has 114 valence electrons. The van der Waals surface area contributed by atoms with Crippen LogP contribution in [0.1, 0.15) is 31.3 Å². The lowest BCUT2D eigenvalue weighted by Crippen LogP contribution is -2.56. The van der Waals surface area contributed by atoms with Crippen molar-refractivity contribution in [2.75, 3.05) is 25.5 Å². The molecule has 2 atom stereocenters. The molecule has 0 unspecified atom stereocenters. The fraction of sp³-hybridized carbons (Fsp3) is 0.533. The Labute approximate surface area is 125 Å². The minimum atomic E-state index is -0.155. The van der Waals surface area contributed by atoms with Gasteiger partial charge < -0.3 is 10.2 Å². The van der Waals surface area contributed by atoms with Gasteiger partial charge in [-0.2, -0.15) is 0 Å². The molecule has 1 saturated heterocycles. The smallest absolute Gasteiger partial charge is 0.272 e. The van der Waals surface area contributed by atoms with Gasteiger partial charge in [-0.15, -0.1) is 0 Å². The molecule has 2 heterocycles. The number of carbonyl (C=O) groups is 2. The van der Waals surface area contributed by atoms with Gasteiger partial charge >= 0.3 is 0 Å². The first-order valence-corrected chi connectivity index (χ1v) is 7.13. The van der Waals surface area contributed by atoms with Gasteiger partial charge in [0.05, 0.1) is 11.9 Å². The summed E-state index contributed by atoms with van der Waals surface area (Å²) in [6.07, 6.45) is 1.51. The molecule has 1 aromatic rings. The normalized spacial score (nSPS) is 23.0. The Morgan fingerprint density at radius 1 is 1.24 bits per heavy atom. The minimum Gasteiger partial charge on any atom is -0.334 e. The lowest BCUT2D eigenvalue weighted by molar-refractivity contribution is -0.114. The number of rotatable bonds is 2. The summed E-state index contributed by atoms with van der Waals surface area (Å²) in [6.45, 7) is 7.07. The van der Waals surface area contributed by atoms with E-state index in [9.17, 15) is 9.59 Å². The van der Waals surface area contributed by atoms with E-state index in [-0.39, 0.29) is 11.8 Å². The Morgan fingerprint density at radius 3 is 2.33 bits per heavy atom. The van der Waals surface area contributed by atoms with Crippen molar-refractivity contribution < 1.29 is 9.59 Å². The van der Waals surface area contributed by atoms with Crippen LogP contribution in [0, 0.1) is 0 Å². The van der Waals surface area contributed by atoms with Crippen LogP contribution < -0.4 is 5.32 Å². The molecule has 0 aromatic carbocycles. The topological polar surface area (TPSA) is 65.5 Å². The van der Waals surface area contributed by atoms with Gasteiger partial charge in [-0.05, 0) is 33.0 Å². The Bertz CT molecular complexity index is 517. The Kier molecular flexibility index (Phi) is 4.57. The highest BCUT2D eigenvalue weighted by Gasteiger charge is 2.30. The highest BCUT2D eigenvalue weighted by Crippen LogP contribution is 2.16. The first kappa shape index (κ1) is 15.4. The number of hydrogen-bond acceptors (Lipinski definition) is 4. The molecule has 6 heteroatoms. The molecule has 1 fully saturated rings. The van der Waals surface area contributed by atoms with E-state index < -0.39 is 0 Å². The summed E-state index contributed by atoms with van der Waals surface area (Å²) in [6, 6.07) is 4.01. The number of aromatic nitrogens is 1. The molecule has 21 heavy (non-hydrogen) atoms. The van der Waals surface area contributed by atoms with Crippen molar-refractivity contribution in [2.45, 2.75) is 32.9 Å². The van der Waals surface area contributed by atoms with Crippen molar-refractivity contribution in [2.24, 2.45) is 0 Å². The Balaban J connectivity index is 2.07. The molecule has 0 bridgehead atoms. The van der Waals surface area contributed by atoms with Crippen LogP contribution in [-0.2, 0) is 4.79 Å². The van der Waals surface area contributed by atoms with Crippen molar-refractivity contribution in [1.82, 2.24) is 14.8 Å². The monoisotopic (exact) mass is 290 g/mol. The van der Waals surface area contributed by atoms with Crippen molar-refractivity contribution >= 4 is 17.5 Å². The second kappa shape index (κ2) is 6.22. The standard InChI is InChI=1S/C15H22N4O2/c1-10-8-19(9-11(2)18(10)4)15(21)14-6-5-13(7-16-14)17-12(3)20/h5-7,10-11H,8-9H2,1-4H3,(H,17,20)/t10-,11+. The number of nitrogens with zero attached hydrogens (tertiary/aromatic N) is 3. The van der Waals surface area contributed by atoms with Gasteiger partial charge in [-0.1, -0.05) is 0 Å². The van der Waals surface area contributed by atoms with Gasteiger partial charge in [0.1, 0.15) is 5.69 Å². The summed E-state index contributed by atoms with van der Waals surface area (Å²) in [5.41, 5.74) is 1.01. The number of nitrogens with one attached hydrogen (secondary N) is 1. The third-order valence-corrected chi connectivity index (χ3v) is 3.95. The molecule has 0 spiro atoms. The molecule has 1 aliphatic heterocycles. The molecule has 0 aliphatic carbocycles. The van der Waals surface area contributed by atoms with Crippen LogP contribution in [0.3, 0.4) is 0 Å². The van der Waals surface area contributed by atoms with Gasteiger partial charge in [0, 0.05) is 32.1 Å². The molecular weight excluding hydrogens is 268 g/mol. The number of hydrogen-bond donors (Lipinski definition) is 1. The van der Waals surface area contributed by atoms with E-state index in [1.807, 2.05) is 4.90 Å². The first-order valence-electron chi connectivity index (χ1n) is 7.13. The number of pyridine rings is 1. The van der Waals surface area contributed by atoms with Crippen molar-refractivity contribution in [3.05, 3.63) is 24.0 Å². The van der Waals surface area contributed by atoms with Gasteiger partial charge in [0.15, 0.2) is 0 Å². The van der Waals surface area contributed by atoms with E-state index in [4.69, 9.17) is 0 Å². The van der Waals surface area contributed by atoms with Crippen LogP contribution in [0.2, 0.25) is 0 Å². The molecule has 2 amide bonds. The Morgan fingerprint density at radius 2 is 1.86 bits per heavy atom. The van der Waals surface area contributed by atoms with Crippen LogP contribution in [0.5, 0.6) is 0 Å². The molecule has 1 aliphatic rings. The summed E-state index contributed by atoms with van der Waals surface area (Å²) in [4.78, 5) is 31.7. The molecule has 1 aromatic heterocycles. The second-order valence-electron chi connectivity index (χ2n) is 5.69. The predicted molar refractivity (Wildman–Crippen MR) is 81.1 cm³/mol. The Hall–Kier alpha value is -1.95. The largest absolute Gasteiger partial charge is 0.334 e. The highest BCUT2D eigenvalue weighted by molar-refractivity contribution is 5.93. The van der Waals surface area contributed by atoms with E-state index in [0.717, 1.165) is 0 Å². The zero-order valence-electron chi connectivity index (χ0n) is 13.0. The number of anilines is 1. The third-order valence-electron chi connectivity index (χ3n) is 3.95. The summed E-state index contributed by atoms with van der Waals surface area (Å²) < 4.78 is 0. The molecular formula is C15H22N4O2. The highest BCUT2D eigenvalue weighted by atomic mass is 16.2. The van der Waals surface area contributed by atoms with E-state index in [1.54, 1.807) is 12.1 Å². The van der Waals surface area contributed by atoms with Crippen LogP contribution in [0.15, 0.2) is 18.3 Å². The third kappa shape index (κ3) is 3.58. The maximum Gasteiger partial charge on any atom is 0.272 e. The summed E-state index contributed by atoms with van der Waals surface area (Å²) in [5, 5.41) is 2.64. The molecule has 2 rings (SSSR count). The minimum absolute atomic E-state index is 0.0591. The predicted octanol–water partition coefficient (Wildman–Crippen LogP) is 1.20. The van der Waals surface area contributed by atoms with Crippen LogP contribution in [0.25, 0.3) is 0 Å². The second-order valence-corrected chi connectivity index (χ2v) is 5.69.